The summed E-state index contributed by atoms with van der Waals surface area (Å²) in [6, 6.07) is 1.38. The molecule has 0 saturated heterocycles. The third-order valence-electron chi connectivity index (χ3n) is 1.25. The van der Waals surface area contributed by atoms with Gasteiger partial charge in [-0.05, 0) is 18.9 Å². The molecule has 0 fully saturated rings. The lowest BCUT2D eigenvalue weighted by atomic mass is 10.3. The fraction of sp³-hybridized carbons (Fsp3) is 1.00. The van der Waals surface area contributed by atoms with Crippen molar-refractivity contribution < 1.29 is 4.43 Å². The highest BCUT2D eigenvalue weighted by atomic mass is 29.2. The molecule has 1 atom stereocenters. The summed E-state index contributed by atoms with van der Waals surface area (Å²) in [7, 11) is 0.692. The van der Waals surface area contributed by atoms with Crippen molar-refractivity contribution >= 4 is 18.3 Å². The molecule has 1 nitrogen and oxygen atoms in total. The summed E-state index contributed by atoms with van der Waals surface area (Å²) in [6.45, 7) is 7.58. The maximum atomic E-state index is 5.55. The maximum absolute atomic E-state index is 5.55. The van der Waals surface area contributed by atoms with E-state index in [1.165, 1.54) is 15.8 Å². The molecule has 0 aromatic rings. The van der Waals surface area contributed by atoms with E-state index < -0.39 is 8.56 Å². The molecule has 0 heterocycles. The van der Waals surface area contributed by atoms with Gasteiger partial charge in [0.05, 0.1) is 0 Å². The number of hydrogen-bond acceptors (Lipinski definition) is 1. The van der Waals surface area contributed by atoms with Crippen LogP contribution >= 0.6 is 0 Å². The first-order valence-corrected chi connectivity index (χ1v) is 9.69. The van der Waals surface area contributed by atoms with Crippen LogP contribution in [-0.2, 0) is 4.43 Å². The average Bonchev–Trinajstić information content (AvgIpc) is 1.63. The quantitative estimate of drug-likeness (QED) is 0.539. The Hall–Kier alpha value is 0.394. The van der Waals surface area contributed by atoms with Crippen LogP contribution in [-0.4, -0.2) is 24.9 Å². The van der Waals surface area contributed by atoms with Crippen molar-refractivity contribution in [3.63, 3.8) is 0 Å². The van der Waals surface area contributed by atoms with Gasteiger partial charge in [-0.15, -0.1) is 0 Å². The Kier molecular flexibility index (Phi) is 5.43. The van der Waals surface area contributed by atoms with Gasteiger partial charge in [0.1, 0.15) is 0 Å². The highest BCUT2D eigenvalue weighted by Crippen LogP contribution is 2.02. The first-order chi connectivity index (χ1) is 4.16. The lowest BCUT2D eigenvalue weighted by Crippen LogP contribution is -2.20. The molecule has 0 spiro atoms. The maximum Gasteiger partial charge on any atom is 0.154 e. The minimum Gasteiger partial charge on any atom is -0.425 e. The van der Waals surface area contributed by atoms with Gasteiger partial charge < -0.3 is 4.43 Å². The van der Waals surface area contributed by atoms with E-state index in [0.29, 0.717) is 0 Å². The second kappa shape index (κ2) is 5.20. The molecule has 0 aliphatic heterocycles. The van der Waals surface area contributed by atoms with Crippen LogP contribution in [0.15, 0.2) is 0 Å². The lowest BCUT2D eigenvalue weighted by Gasteiger charge is -2.11. The van der Waals surface area contributed by atoms with Crippen LogP contribution in [0.25, 0.3) is 0 Å². The summed E-state index contributed by atoms with van der Waals surface area (Å²) in [4.78, 5) is 0. The minimum atomic E-state index is -0.621. The van der Waals surface area contributed by atoms with Gasteiger partial charge in [0, 0.05) is 16.4 Å². The van der Waals surface area contributed by atoms with Gasteiger partial charge in [-0.1, -0.05) is 13.8 Å². The van der Waals surface area contributed by atoms with E-state index >= 15 is 0 Å². The Morgan fingerprint density at radius 1 is 1.56 bits per heavy atom. The van der Waals surface area contributed by atoms with Gasteiger partial charge in [-0.2, -0.15) is 0 Å². The van der Waals surface area contributed by atoms with Crippen LogP contribution < -0.4 is 0 Å². The number of hydrogen-bond donors (Lipinski definition) is 0. The highest BCUT2D eigenvalue weighted by molar-refractivity contribution is 6.99. The molecule has 3 heteroatoms. The molecular weight excluding hydrogens is 144 g/mol. The molecule has 0 aliphatic rings. The van der Waals surface area contributed by atoms with Crippen LogP contribution in [0.3, 0.4) is 0 Å². The standard InChI is InChI=1S/C6H18OSi2/c1-4-7-9(8)5-6(2)3/h6,9H,4-5H2,1-3,8H3. The van der Waals surface area contributed by atoms with Crippen LogP contribution in [0, 0.1) is 5.92 Å². The molecule has 0 radical (unpaired) electrons. The fourth-order valence-electron chi connectivity index (χ4n) is 1.02. The number of rotatable bonds is 4. The van der Waals surface area contributed by atoms with E-state index in [4.69, 9.17) is 4.43 Å². The third-order valence-corrected chi connectivity index (χ3v) is 6.18. The van der Waals surface area contributed by atoms with E-state index in [1.807, 2.05) is 0 Å². The topological polar surface area (TPSA) is 9.23 Å². The van der Waals surface area contributed by atoms with Crippen LogP contribution in [0.4, 0.5) is 0 Å². The molecule has 0 aliphatic carbocycles. The van der Waals surface area contributed by atoms with Crippen molar-refractivity contribution in [2.75, 3.05) is 6.61 Å². The molecule has 0 aromatic heterocycles. The Labute approximate surface area is 62.7 Å². The summed E-state index contributed by atoms with van der Waals surface area (Å²) in [5.74, 6) is 0.853. The molecule has 0 bridgehead atoms. The third kappa shape index (κ3) is 6.28. The Morgan fingerprint density at radius 2 is 2.11 bits per heavy atom. The van der Waals surface area contributed by atoms with Gasteiger partial charge in [0.15, 0.2) is 8.56 Å². The van der Waals surface area contributed by atoms with E-state index in [-0.39, 0.29) is 0 Å². The fourth-order valence-corrected chi connectivity index (χ4v) is 6.88. The molecule has 0 rings (SSSR count). The second-order valence-corrected chi connectivity index (χ2v) is 9.19. The Morgan fingerprint density at radius 3 is 2.44 bits per heavy atom. The molecule has 0 aromatic carbocycles. The summed E-state index contributed by atoms with van der Waals surface area (Å²) in [5, 5.41) is 0. The summed E-state index contributed by atoms with van der Waals surface area (Å²) in [6.07, 6.45) is 0. The van der Waals surface area contributed by atoms with Crippen molar-refractivity contribution in [3.05, 3.63) is 0 Å². The van der Waals surface area contributed by atoms with Gasteiger partial charge in [-0.25, -0.2) is 0 Å². The summed E-state index contributed by atoms with van der Waals surface area (Å²) >= 11 is 0. The van der Waals surface area contributed by atoms with Crippen molar-refractivity contribution in [2.24, 2.45) is 5.92 Å². The largest absolute Gasteiger partial charge is 0.425 e. The highest BCUT2D eigenvalue weighted by Gasteiger charge is 2.04. The minimum absolute atomic E-state index is 0.621. The van der Waals surface area contributed by atoms with Gasteiger partial charge in [-0.3, -0.25) is 0 Å². The van der Waals surface area contributed by atoms with Gasteiger partial charge in [0.2, 0.25) is 0 Å². The van der Waals surface area contributed by atoms with Crippen LogP contribution in [0.2, 0.25) is 6.04 Å². The molecule has 9 heavy (non-hydrogen) atoms. The molecule has 56 valence electrons. The lowest BCUT2D eigenvalue weighted by molar-refractivity contribution is 0.350. The predicted octanol–water partition coefficient (Wildman–Crippen LogP) is 0.265. The van der Waals surface area contributed by atoms with Crippen molar-refractivity contribution in [1.29, 1.82) is 0 Å². The summed E-state index contributed by atoms with van der Waals surface area (Å²) in [5.41, 5.74) is 0. The van der Waals surface area contributed by atoms with Gasteiger partial charge in [0.25, 0.3) is 0 Å². The zero-order valence-electron chi connectivity index (χ0n) is 6.98. The van der Waals surface area contributed by atoms with E-state index in [9.17, 15) is 0 Å². The van der Waals surface area contributed by atoms with Crippen molar-refractivity contribution in [1.82, 2.24) is 0 Å². The van der Waals surface area contributed by atoms with Crippen LogP contribution in [0.1, 0.15) is 20.8 Å². The molecular formula is C6H18OSi2. The van der Waals surface area contributed by atoms with E-state index in [0.717, 1.165) is 12.5 Å². The van der Waals surface area contributed by atoms with Crippen LogP contribution in [0.5, 0.6) is 0 Å². The van der Waals surface area contributed by atoms with Crippen molar-refractivity contribution in [2.45, 2.75) is 26.8 Å². The molecule has 0 amide bonds. The first kappa shape index (κ1) is 9.39. The molecule has 1 unspecified atom stereocenters. The normalized spacial score (nSPS) is 14.7. The second-order valence-electron chi connectivity index (χ2n) is 2.90. The smallest absolute Gasteiger partial charge is 0.154 e. The van der Waals surface area contributed by atoms with E-state index in [1.54, 1.807) is 0 Å². The zero-order valence-corrected chi connectivity index (χ0v) is 10.1. The Balaban J connectivity index is 3.15. The van der Waals surface area contributed by atoms with E-state index in [2.05, 4.69) is 20.8 Å². The zero-order chi connectivity index (χ0) is 7.28. The Bertz CT molecular complexity index is 66.1. The first-order valence-electron chi connectivity index (χ1n) is 3.78. The summed E-state index contributed by atoms with van der Waals surface area (Å²) < 4.78 is 5.55. The monoisotopic (exact) mass is 162 g/mol. The van der Waals surface area contributed by atoms with Gasteiger partial charge >= 0.3 is 0 Å². The molecule has 0 N–H and O–H groups in total. The predicted molar refractivity (Wildman–Crippen MR) is 48.4 cm³/mol. The van der Waals surface area contributed by atoms with Crippen molar-refractivity contribution in [3.8, 4) is 0 Å². The molecule has 0 saturated carbocycles. The SMILES string of the molecule is CCO[SiH]([SiH3])CC(C)C. The average molecular weight is 162 g/mol.